The number of ether oxygens (including phenoxy) is 1. The fraction of sp³-hybridized carbons (Fsp3) is 0.227. The molecule has 1 amide bonds. The summed E-state index contributed by atoms with van der Waals surface area (Å²) in [5.74, 6) is -2.04. The molecule has 0 radical (unpaired) electrons. The van der Waals surface area contributed by atoms with E-state index in [-0.39, 0.29) is 24.6 Å². The van der Waals surface area contributed by atoms with Crippen LogP contribution in [0.4, 0.5) is 9.52 Å². The number of amides is 1. The van der Waals surface area contributed by atoms with Crippen LogP contribution < -0.4 is 10.0 Å². The largest absolute Gasteiger partial charge is 0.466 e. The highest BCUT2D eigenvalue weighted by atomic mass is 32.2. The topological polar surface area (TPSA) is 114 Å². The minimum absolute atomic E-state index is 0.0292. The van der Waals surface area contributed by atoms with Gasteiger partial charge in [-0.1, -0.05) is 42.5 Å². The highest BCUT2D eigenvalue weighted by Crippen LogP contribution is 2.19. The van der Waals surface area contributed by atoms with Crippen molar-refractivity contribution in [2.24, 2.45) is 0 Å². The summed E-state index contributed by atoms with van der Waals surface area (Å²) in [6.07, 6.45) is -0.0189. The number of hydrogen-bond donors (Lipinski definition) is 2. The van der Waals surface area contributed by atoms with Gasteiger partial charge in [-0.05, 0) is 31.0 Å². The molecule has 1 atom stereocenters. The van der Waals surface area contributed by atoms with Crippen LogP contribution in [0.25, 0.3) is 0 Å². The van der Waals surface area contributed by atoms with Crippen LogP contribution in [0.5, 0.6) is 0 Å². The maximum atomic E-state index is 14.1. The molecular formula is C22H22FN3O5S2. The highest BCUT2D eigenvalue weighted by Gasteiger charge is 2.28. The van der Waals surface area contributed by atoms with Gasteiger partial charge < -0.3 is 10.1 Å². The minimum atomic E-state index is -4.33. The maximum absolute atomic E-state index is 14.1. The van der Waals surface area contributed by atoms with E-state index in [1.807, 2.05) is 0 Å². The molecule has 1 aromatic heterocycles. The monoisotopic (exact) mass is 491 g/mol. The molecule has 11 heteroatoms. The second kappa shape index (κ2) is 11.1. The van der Waals surface area contributed by atoms with Gasteiger partial charge in [0.2, 0.25) is 15.9 Å². The molecule has 0 fully saturated rings. The summed E-state index contributed by atoms with van der Waals surface area (Å²) in [7, 11) is -4.33. The summed E-state index contributed by atoms with van der Waals surface area (Å²) < 4.78 is 46.9. The number of benzene rings is 2. The second-order valence-corrected chi connectivity index (χ2v) is 9.45. The van der Waals surface area contributed by atoms with E-state index in [9.17, 15) is 22.4 Å². The number of nitrogens with zero attached hydrogens (tertiary/aromatic N) is 1. The van der Waals surface area contributed by atoms with Crippen molar-refractivity contribution in [1.82, 2.24) is 9.71 Å². The van der Waals surface area contributed by atoms with Crippen molar-refractivity contribution in [2.75, 3.05) is 11.9 Å². The van der Waals surface area contributed by atoms with Crippen LogP contribution in [-0.2, 0) is 37.2 Å². The van der Waals surface area contributed by atoms with Crippen molar-refractivity contribution in [2.45, 2.75) is 30.7 Å². The third-order valence-corrected chi connectivity index (χ3v) is 6.75. The Morgan fingerprint density at radius 2 is 1.82 bits per heavy atom. The molecule has 0 bridgehead atoms. The lowest BCUT2D eigenvalue weighted by Gasteiger charge is -2.18. The fourth-order valence-corrected chi connectivity index (χ4v) is 4.94. The molecule has 0 saturated carbocycles. The number of carbonyl (C=O) groups is 2. The van der Waals surface area contributed by atoms with Crippen molar-refractivity contribution < 1.29 is 27.1 Å². The number of hydrogen-bond acceptors (Lipinski definition) is 7. The first-order valence-electron chi connectivity index (χ1n) is 10.00. The molecule has 0 unspecified atom stereocenters. The maximum Gasteiger partial charge on any atom is 0.311 e. The summed E-state index contributed by atoms with van der Waals surface area (Å²) in [5.41, 5.74) is 1.12. The molecule has 2 N–H and O–H groups in total. The SMILES string of the molecule is CCOC(=O)Cc1csc(NC(=O)[C@@H](Cc2ccccc2)NS(=O)(=O)c2ccccc2F)n1. The Kier molecular flexibility index (Phi) is 8.26. The first kappa shape index (κ1) is 24.5. The standard InChI is InChI=1S/C22H22FN3O5S2/c1-2-31-20(27)13-16-14-32-22(24-16)25-21(28)18(12-15-8-4-3-5-9-15)26-33(29,30)19-11-7-6-10-17(19)23/h3-11,14,18,26H,2,12-13H2,1H3,(H,24,25,28)/t18-/m1/s1. The Labute approximate surface area is 194 Å². The van der Waals surface area contributed by atoms with Crippen LogP contribution in [0.1, 0.15) is 18.2 Å². The smallest absolute Gasteiger partial charge is 0.311 e. The zero-order chi connectivity index (χ0) is 23.8. The zero-order valence-corrected chi connectivity index (χ0v) is 19.3. The molecule has 174 valence electrons. The molecule has 8 nitrogen and oxygen atoms in total. The van der Waals surface area contributed by atoms with E-state index < -0.39 is 38.7 Å². The molecule has 3 rings (SSSR count). The quantitative estimate of drug-likeness (QED) is 0.422. The van der Waals surface area contributed by atoms with E-state index in [1.54, 1.807) is 42.6 Å². The lowest BCUT2D eigenvalue weighted by molar-refractivity contribution is -0.142. The van der Waals surface area contributed by atoms with Gasteiger partial charge in [0, 0.05) is 5.38 Å². The van der Waals surface area contributed by atoms with Crippen LogP contribution in [0, 0.1) is 5.82 Å². The van der Waals surface area contributed by atoms with Crippen molar-refractivity contribution in [3.05, 3.63) is 77.1 Å². The lowest BCUT2D eigenvalue weighted by Crippen LogP contribution is -2.45. The van der Waals surface area contributed by atoms with Gasteiger partial charge in [-0.25, -0.2) is 17.8 Å². The molecule has 0 aliphatic carbocycles. The summed E-state index contributed by atoms with van der Waals surface area (Å²) in [6, 6.07) is 12.5. The fourth-order valence-electron chi connectivity index (χ4n) is 2.95. The van der Waals surface area contributed by atoms with Crippen LogP contribution in [0.3, 0.4) is 0 Å². The average molecular weight is 492 g/mol. The van der Waals surface area contributed by atoms with E-state index in [4.69, 9.17) is 4.74 Å². The number of halogens is 1. The van der Waals surface area contributed by atoms with Crippen molar-refractivity contribution >= 4 is 38.4 Å². The van der Waals surface area contributed by atoms with Gasteiger partial charge in [0.25, 0.3) is 0 Å². The van der Waals surface area contributed by atoms with E-state index in [2.05, 4.69) is 15.0 Å². The van der Waals surface area contributed by atoms with Gasteiger partial charge in [-0.15, -0.1) is 11.3 Å². The predicted molar refractivity (Wildman–Crippen MR) is 122 cm³/mol. The van der Waals surface area contributed by atoms with Gasteiger partial charge in [-0.3, -0.25) is 9.59 Å². The van der Waals surface area contributed by atoms with E-state index in [0.29, 0.717) is 11.3 Å². The Morgan fingerprint density at radius 3 is 2.52 bits per heavy atom. The molecule has 0 spiro atoms. The zero-order valence-electron chi connectivity index (χ0n) is 17.7. The summed E-state index contributed by atoms with van der Waals surface area (Å²) >= 11 is 1.09. The summed E-state index contributed by atoms with van der Waals surface area (Å²) in [5, 5.41) is 4.37. The first-order chi connectivity index (χ1) is 15.8. The number of rotatable bonds is 10. The Balaban J connectivity index is 1.79. The summed E-state index contributed by atoms with van der Waals surface area (Å²) in [4.78, 5) is 28.2. The number of nitrogens with one attached hydrogen (secondary N) is 2. The second-order valence-electron chi connectivity index (χ2n) is 6.91. The number of sulfonamides is 1. The molecule has 0 aliphatic rings. The molecule has 2 aromatic carbocycles. The van der Waals surface area contributed by atoms with Crippen LogP contribution >= 0.6 is 11.3 Å². The Bertz CT molecular complexity index is 1220. The van der Waals surface area contributed by atoms with Gasteiger partial charge in [0.05, 0.1) is 18.7 Å². The molecule has 33 heavy (non-hydrogen) atoms. The molecule has 0 aliphatic heterocycles. The van der Waals surface area contributed by atoms with Gasteiger partial charge in [0.15, 0.2) is 5.13 Å². The third-order valence-electron chi connectivity index (χ3n) is 4.44. The van der Waals surface area contributed by atoms with E-state index >= 15 is 0 Å². The number of anilines is 1. The van der Waals surface area contributed by atoms with Crippen LogP contribution in [-0.4, -0.2) is 37.9 Å². The third kappa shape index (κ3) is 6.91. The Morgan fingerprint density at radius 1 is 1.12 bits per heavy atom. The van der Waals surface area contributed by atoms with E-state index in [1.165, 1.54) is 12.1 Å². The van der Waals surface area contributed by atoms with Crippen LogP contribution in [0.15, 0.2) is 64.9 Å². The van der Waals surface area contributed by atoms with Crippen molar-refractivity contribution in [3.63, 3.8) is 0 Å². The van der Waals surface area contributed by atoms with Gasteiger partial charge in [0.1, 0.15) is 16.8 Å². The van der Waals surface area contributed by atoms with Gasteiger partial charge >= 0.3 is 5.97 Å². The molecule has 1 heterocycles. The average Bonchev–Trinajstić information content (AvgIpc) is 3.20. The summed E-state index contributed by atoms with van der Waals surface area (Å²) in [6.45, 7) is 1.94. The minimum Gasteiger partial charge on any atom is -0.466 e. The van der Waals surface area contributed by atoms with Crippen LogP contribution in [0.2, 0.25) is 0 Å². The van der Waals surface area contributed by atoms with Crippen molar-refractivity contribution in [1.29, 1.82) is 0 Å². The lowest BCUT2D eigenvalue weighted by atomic mass is 10.1. The highest BCUT2D eigenvalue weighted by molar-refractivity contribution is 7.89. The first-order valence-corrected chi connectivity index (χ1v) is 12.4. The predicted octanol–water partition coefficient (Wildman–Crippen LogP) is 2.92. The molecular weight excluding hydrogens is 469 g/mol. The number of thiazole rings is 1. The number of carbonyl (C=O) groups excluding carboxylic acids is 2. The molecule has 3 aromatic rings. The Hall–Kier alpha value is -3.15. The molecule has 0 saturated heterocycles. The number of aromatic nitrogens is 1. The van der Waals surface area contributed by atoms with Crippen molar-refractivity contribution in [3.8, 4) is 0 Å². The van der Waals surface area contributed by atoms with Gasteiger partial charge in [-0.2, -0.15) is 4.72 Å². The number of esters is 1. The van der Waals surface area contributed by atoms with E-state index in [0.717, 1.165) is 23.5 Å². The normalized spacial score (nSPS) is 12.2.